The Labute approximate surface area is 182 Å². The van der Waals surface area contributed by atoms with Crippen LogP contribution in [0.25, 0.3) is 0 Å². The van der Waals surface area contributed by atoms with Crippen molar-refractivity contribution in [1.29, 1.82) is 0 Å². The lowest BCUT2D eigenvalue weighted by atomic mass is 10.1. The number of hydrogen-bond acceptors (Lipinski definition) is 7. The zero-order valence-electron chi connectivity index (χ0n) is 16.8. The number of nitro benzene ring substituents is 1. The Morgan fingerprint density at radius 3 is 2.75 bits per heavy atom. The number of nitrogens with one attached hydrogen (secondary N) is 3. The van der Waals surface area contributed by atoms with Gasteiger partial charge in [-0.2, -0.15) is 5.10 Å². The minimum Gasteiger partial charge on any atom is -0.445 e. The first kappa shape index (κ1) is 22.2. The van der Waals surface area contributed by atoms with Crippen LogP contribution in [0.4, 0.5) is 10.5 Å². The molecule has 3 rings (SSSR count). The molecule has 0 aliphatic carbocycles. The first-order valence-corrected chi connectivity index (χ1v) is 9.53. The third kappa shape index (κ3) is 6.76. The lowest BCUT2D eigenvalue weighted by molar-refractivity contribution is -0.384. The fourth-order valence-electron chi connectivity index (χ4n) is 2.70. The van der Waals surface area contributed by atoms with Crippen molar-refractivity contribution >= 4 is 23.9 Å². The van der Waals surface area contributed by atoms with Crippen molar-refractivity contribution in [2.75, 3.05) is 0 Å². The molecule has 0 bridgehead atoms. The van der Waals surface area contributed by atoms with E-state index in [2.05, 4.69) is 25.8 Å². The molecule has 1 atom stereocenters. The third-order valence-electron chi connectivity index (χ3n) is 4.27. The molecule has 164 valence electrons. The van der Waals surface area contributed by atoms with Crippen molar-refractivity contribution in [2.45, 2.75) is 19.1 Å². The van der Waals surface area contributed by atoms with Gasteiger partial charge in [0.05, 0.1) is 17.5 Å². The van der Waals surface area contributed by atoms with E-state index in [0.717, 1.165) is 5.56 Å². The normalized spacial score (nSPS) is 11.6. The van der Waals surface area contributed by atoms with Gasteiger partial charge in [-0.3, -0.25) is 14.9 Å². The molecular weight excluding hydrogens is 416 g/mol. The van der Waals surface area contributed by atoms with Gasteiger partial charge in [-0.25, -0.2) is 15.2 Å². The van der Waals surface area contributed by atoms with Crippen LogP contribution in [0.3, 0.4) is 0 Å². The van der Waals surface area contributed by atoms with Crippen molar-refractivity contribution in [3.05, 3.63) is 94.1 Å². The van der Waals surface area contributed by atoms with Gasteiger partial charge in [0.15, 0.2) is 0 Å². The van der Waals surface area contributed by atoms with Gasteiger partial charge in [0.1, 0.15) is 12.6 Å². The van der Waals surface area contributed by atoms with Crippen LogP contribution in [0.5, 0.6) is 0 Å². The first-order chi connectivity index (χ1) is 15.5. The summed E-state index contributed by atoms with van der Waals surface area (Å²) in [6.45, 7) is 0.0516. The van der Waals surface area contributed by atoms with Gasteiger partial charge in [0.25, 0.3) is 11.6 Å². The maximum absolute atomic E-state index is 12.6. The first-order valence-electron chi connectivity index (χ1n) is 9.53. The highest BCUT2D eigenvalue weighted by Gasteiger charge is 2.22. The highest BCUT2D eigenvalue weighted by molar-refractivity contribution is 5.87. The molecule has 0 spiro atoms. The zero-order chi connectivity index (χ0) is 22.8. The summed E-state index contributed by atoms with van der Waals surface area (Å²) in [5, 5.41) is 17.2. The van der Waals surface area contributed by atoms with E-state index in [1.165, 1.54) is 36.9 Å². The standard InChI is InChI=1S/C21H20N6O5/c28-20(26-24-11-16-7-4-8-18(9-16)27(30)31)19(10-17-12-22-14-23-17)25-21(29)32-13-15-5-2-1-3-6-15/h1-9,11-12,14,19H,10,13H2,(H,22,23)(H,25,29)(H,26,28)/b24-11-/t19-/m1/s1. The number of aromatic amines is 1. The molecule has 0 saturated carbocycles. The van der Waals surface area contributed by atoms with Gasteiger partial charge in [0.2, 0.25) is 0 Å². The Hall–Kier alpha value is -4.54. The molecule has 3 aromatic rings. The summed E-state index contributed by atoms with van der Waals surface area (Å²) < 4.78 is 5.18. The number of hydrogen-bond donors (Lipinski definition) is 3. The van der Waals surface area contributed by atoms with E-state index in [0.29, 0.717) is 11.3 Å². The van der Waals surface area contributed by atoms with E-state index in [4.69, 9.17) is 4.74 Å². The van der Waals surface area contributed by atoms with Crippen molar-refractivity contribution in [1.82, 2.24) is 20.7 Å². The van der Waals surface area contributed by atoms with E-state index >= 15 is 0 Å². The molecule has 3 N–H and O–H groups in total. The number of imidazole rings is 1. The predicted molar refractivity (Wildman–Crippen MR) is 115 cm³/mol. The lowest BCUT2D eigenvalue weighted by Crippen LogP contribution is -2.47. The van der Waals surface area contributed by atoms with Crippen LogP contribution in [-0.2, 0) is 22.6 Å². The second kappa shape index (κ2) is 11.0. The van der Waals surface area contributed by atoms with Crippen molar-refractivity contribution in [3.63, 3.8) is 0 Å². The predicted octanol–water partition coefficient (Wildman–Crippen LogP) is 2.31. The monoisotopic (exact) mass is 436 g/mol. The number of rotatable bonds is 9. The van der Waals surface area contributed by atoms with Gasteiger partial charge in [-0.05, 0) is 5.56 Å². The average Bonchev–Trinajstić information content (AvgIpc) is 3.31. The number of benzene rings is 2. The van der Waals surface area contributed by atoms with Crippen LogP contribution in [0.15, 0.2) is 72.2 Å². The van der Waals surface area contributed by atoms with Gasteiger partial charge < -0.3 is 15.0 Å². The van der Waals surface area contributed by atoms with Gasteiger partial charge >= 0.3 is 6.09 Å². The molecule has 11 nitrogen and oxygen atoms in total. The number of hydrazone groups is 1. The number of carbonyl (C=O) groups excluding carboxylic acids is 2. The molecular formula is C21H20N6O5. The van der Waals surface area contributed by atoms with E-state index in [-0.39, 0.29) is 18.7 Å². The number of non-ortho nitro benzene ring substituents is 1. The lowest BCUT2D eigenvalue weighted by Gasteiger charge is -2.16. The number of aromatic nitrogens is 2. The molecule has 2 amide bonds. The highest BCUT2D eigenvalue weighted by atomic mass is 16.6. The summed E-state index contributed by atoms with van der Waals surface area (Å²) in [6, 6.07) is 13.9. The van der Waals surface area contributed by atoms with Gasteiger partial charge in [-0.15, -0.1) is 0 Å². The minimum absolute atomic E-state index is 0.0516. The molecule has 0 aliphatic heterocycles. The molecule has 32 heavy (non-hydrogen) atoms. The molecule has 0 aliphatic rings. The molecule has 0 radical (unpaired) electrons. The molecule has 0 saturated heterocycles. The topological polar surface area (TPSA) is 152 Å². The van der Waals surface area contributed by atoms with Crippen molar-refractivity contribution < 1.29 is 19.2 Å². The van der Waals surface area contributed by atoms with E-state index < -0.39 is 23.0 Å². The van der Waals surface area contributed by atoms with Crippen LogP contribution in [0.2, 0.25) is 0 Å². The number of nitrogens with zero attached hydrogens (tertiary/aromatic N) is 3. The number of ether oxygens (including phenoxy) is 1. The Morgan fingerprint density at radius 1 is 1.22 bits per heavy atom. The van der Waals surface area contributed by atoms with Gasteiger partial charge in [0, 0.05) is 36.0 Å². The summed E-state index contributed by atoms with van der Waals surface area (Å²) in [7, 11) is 0. The molecule has 1 aromatic heterocycles. The fourth-order valence-corrected chi connectivity index (χ4v) is 2.70. The molecule has 0 unspecified atom stereocenters. The SMILES string of the molecule is O=C(N[C@H](Cc1cnc[nH]1)C(=O)N/N=C\c1cccc([N+](=O)[O-])c1)OCc1ccccc1. The largest absolute Gasteiger partial charge is 0.445 e. The second-order valence-electron chi connectivity index (χ2n) is 6.63. The maximum Gasteiger partial charge on any atom is 0.408 e. The van der Waals surface area contributed by atoms with E-state index in [1.54, 1.807) is 6.07 Å². The van der Waals surface area contributed by atoms with Crippen molar-refractivity contribution in [2.24, 2.45) is 5.10 Å². The number of H-pyrrole nitrogens is 1. The number of carbonyl (C=O) groups is 2. The zero-order valence-corrected chi connectivity index (χ0v) is 16.8. The summed E-state index contributed by atoms with van der Waals surface area (Å²) in [4.78, 5) is 41.9. The molecule has 11 heteroatoms. The number of amides is 2. The Balaban J connectivity index is 1.61. The quantitative estimate of drug-likeness (QED) is 0.266. The highest BCUT2D eigenvalue weighted by Crippen LogP contribution is 2.11. The van der Waals surface area contributed by atoms with Crippen LogP contribution in [-0.4, -0.2) is 39.1 Å². The van der Waals surface area contributed by atoms with Crippen molar-refractivity contribution in [3.8, 4) is 0 Å². The summed E-state index contributed by atoms with van der Waals surface area (Å²) in [6.07, 6.45) is 3.61. The summed E-state index contributed by atoms with van der Waals surface area (Å²) in [5.41, 5.74) is 4.09. The molecule has 1 heterocycles. The third-order valence-corrected chi connectivity index (χ3v) is 4.27. The van der Waals surface area contributed by atoms with E-state index in [1.807, 2.05) is 30.3 Å². The maximum atomic E-state index is 12.6. The van der Waals surface area contributed by atoms with Crippen LogP contribution in [0.1, 0.15) is 16.8 Å². The Bertz CT molecular complexity index is 1090. The summed E-state index contributed by atoms with van der Waals surface area (Å²) in [5.74, 6) is -0.599. The van der Waals surface area contributed by atoms with E-state index in [9.17, 15) is 19.7 Å². The number of alkyl carbamates (subject to hydrolysis) is 1. The molecule has 0 fully saturated rings. The van der Waals surface area contributed by atoms with Crippen LogP contribution in [0, 0.1) is 10.1 Å². The Morgan fingerprint density at radius 2 is 2.03 bits per heavy atom. The average molecular weight is 436 g/mol. The smallest absolute Gasteiger partial charge is 0.408 e. The van der Waals surface area contributed by atoms with Gasteiger partial charge in [-0.1, -0.05) is 42.5 Å². The summed E-state index contributed by atoms with van der Waals surface area (Å²) >= 11 is 0. The Kier molecular flexibility index (Phi) is 7.63. The minimum atomic E-state index is -0.999. The second-order valence-corrected chi connectivity index (χ2v) is 6.63. The fraction of sp³-hybridized carbons (Fsp3) is 0.143. The number of nitro groups is 1. The van der Waals surface area contributed by atoms with Crippen LogP contribution < -0.4 is 10.7 Å². The molecule has 2 aromatic carbocycles. The van der Waals surface area contributed by atoms with Crippen LogP contribution >= 0.6 is 0 Å².